The first kappa shape index (κ1) is 19.7. The fourth-order valence-electron chi connectivity index (χ4n) is 3.83. The molecule has 32 heavy (non-hydrogen) atoms. The van der Waals surface area contributed by atoms with Crippen LogP contribution in [0, 0.1) is 0 Å². The summed E-state index contributed by atoms with van der Waals surface area (Å²) in [7, 11) is 0. The summed E-state index contributed by atoms with van der Waals surface area (Å²) in [5.74, 6) is 1.74. The average Bonchev–Trinajstić information content (AvgIpc) is 3.17. The second-order valence-corrected chi connectivity index (χ2v) is 7.74. The fourth-order valence-corrected chi connectivity index (χ4v) is 3.83. The predicted octanol–water partition coefficient (Wildman–Crippen LogP) is 3.70. The number of anilines is 1. The second-order valence-electron chi connectivity index (χ2n) is 7.74. The number of carbonyl (C=O) groups is 1. The van der Waals surface area contributed by atoms with E-state index in [1.165, 1.54) is 6.33 Å². The van der Waals surface area contributed by atoms with Crippen molar-refractivity contribution in [1.82, 2.24) is 25.1 Å². The summed E-state index contributed by atoms with van der Waals surface area (Å²) in [6.45, 7) is 4.28. The Hall–Kier alpha value is -4.20. The van der Waals surface area contributed by atoms with E-state index < -0.39 is 0 Å². The highest BCUT2D eigenvalue weighted by Crippen LogP contribution is 2.32. The molecule has 5 rings (SSSR count). The maximum Gasteiger partial charge on any atom is 0.246 e. The first-order chi connectivity index (χ1) is 15.6. The van der Waals surface area contributed by atoms with Gasteiger partial charge in [-0.2, -0.15) is 5.10 Å². The van der Waals surface area contributed by atoms with Crippen molar-refractivity contribution in [2.24, 2.45) is 0 Å². The Morgan fingerprint density at radius 3 is 2.59 bits per heavy atom. The van der Waals surface area contributed by atoms with Crippen molar-refractivity contribution >= 4 is 22.8 Å². The van der Waals surface area contributed by atoms with Crippen LogP contribution in [0.2, 0.25) is 0 Å². The second kappa shape index (κ2) is 8.14. The third-order valence-electron chi connectivity index (χ3n) is 5.51. The number of fused-ring (bicyclic) bond motifs is 1. The van der Waals surface area contributed by atoms with Gasteiger partial charge in [0.05, 0.1) is 11.9 Å². The molecule has 1 fully saturated rings. The number of hydrogen-bond donors (Lipinski definition) is 2. The van der Waals surface area contributed by atoms with Gasteiger partial charge in [-0.25, -0.2) is 14.6 Å². The van der Waals surface area contributed by atoms with E-state index in [2.05, 4.69) is 21.9 Å². The highest BCUT2D eigenvalue weighted by atomic mass is 16.5. The van der Waals surface area contributed by atoms with Gasteiger partial charge < -0.3 is 15.8 Å². The number of nitrogens with zero attached hydrogens (tertiary/aromatic N) is 4. The number of nitrogens with one attached hydrogen (secondary N) is 1. The molecule has 160 valence electrons. The minimum Gasteiger partial charge on any atom is -0.457 e. The van der Waals surface area contributed by atoms with Gasteiger partial charge in [0.15, 0.2) is 5.65 Å². The molecule has 4 aromatic rings. The van der Waals surface area contributed by atoms with Gasteiger partial charge in [-0.1, -0.05) is 24.8 Å². The number of amides is 1. The van der Waals surface area contributed by atoms with Crippen molar-refractivity contribution < 1.29 is 9.53 Å². The lowest BCUT2D eigenvalue weighted by molar-refractivity contribution is -0.119. The highest BCUT2D eigenvalue weighted by Gasteiger charge is 2.24. The lowest BCUT2D eigenvalue weighted by Gasteiger charge is -2.24. The van der Waals surface area contributed by atoms with Crippen molar-refractivity contribution in [2.45, 2.75) is 25.4 Å². The van der Waals surface area contributed by atoms with Crippen LogP contribution in [-0.4, -0.2) is 31.7 Å². The molecule has 1 amide bonds. The number of aromatic nitrogens is 4. The van der Waals surface area contributed by atoms with Crippen LogP contribution in [0.5, 0.6) is 11.5 Å². The van der Waals surface area contributed by atoms with Gasteiger partial charge in [0, 0.05) is 17.2 Å². The number of carbonyl (C=O) groups excluding carboxylic acids is 1. The first-order valence-corrected chi connectivity index (χ1v) is 10.4. The third-order valence-corrected chi connectivity index (χ3v) is 5.51. The van der Waals surface area contributed by atoms with Crippen LogP contribution in [0.3, 0.4) is 0 Å². The number of para-hydroxylation sites is 1. The largest absolute Gasteiger partial charge is 0.457 e. The van der Waals surface area contributed by atoms with Crippen molar-refractivity contribution in [1.29, 1.82) is 0 Å². The normalized spacial score (nSPS) is 16.2. The average molecular weight is 426 g/mol. The van der Waals surface area contributed by atoms with E-state index in [9.17, 15) is 4.79 Å². The van der Waals surface area contributed by atoms with Gasteiger partial charge in [0.1, 0.15) is 29.3 Å². The smallest absolute Gasteiger partial charge is 0.246 e. The molecular weight excluding hydrogens is 404 g/mol. The van der Waals surface area contributed by atoms with E-state index in [0.717, 1.165) is 23.5 Å². The summed E-state index contributed by atoms with van der Waals surface area (Å²) in [6, 6.07) is 17.2. The van der Waals surface area contributed by atoms with Crippen molar-refractivity contribution in [3.05, 3.63) is 73.1 Å². The number of nitrogens with two attached hydrogens (primary N) is 1. The summed E-state index contributed by atoms with van der Waals surface area (Å²) >= 11 is 0. The molecule has 1 aliphatic heterocycles. The maximum absolute atomic E-state index is 12.0. The topological polar surface area (TPSA) is 108 Å². The van der Waals surface area contributed by atoms with E-state index in [4.69, 9.17) is 15.6 Å². The zero-order chi connectivity index (χ0) is 22.1. The zero-order valence-electron chi connectivity index (χ0n) is 17.4. The molecule has 8 heteroatoms. The van der Waals surface area contributed by atoms with Gasteiger partial charge in [-0.05, 0) is 49.2 Å². The van der Waals surface area contributed by atoms with Gasteiger partial charge in [0.25, 0.3) is 0 Å². The van der Waals surface area contributed by atoms with Crippen LogP contribution in [0.1, 0.15) is 12.8 Å². The lowest BCUT2D eigenvalue weighted by atomic mass is 10.0. The maximum atomic E-state index is 12.0. The highest BCUT2D eigenvalue weighted by molar-refractivity contribution is 5.98. The van der Waals surface area contributed by atoms with E-state index in [1.807, 2.05) is 54.6 Å². The number of rotatable bonds is 5. The number of hydrogen-bond acceptors (Lipinski definition) is 6. The molecule has 8 nitrogen and oxygen atoms in total. The molecule has 0 aliphatic carbocycles. The van der Waals surface area contributed by atoms with E-state index in [0.29, 0.717) is 41.1 Å². The van der Waals surface area contributed by atoms with Crippen LogP contribution >= 0.6 is 0 Å². The van der Waals surface area contributed by atoms with Crippen LogP contribution in [0.4, 0.5) is 5.82 Å². The number of ether oxygens (including phenoxy) is 1. The Labute approximate surface area is 184 Å². The summed E-state index contributed by atoms with van der Waals surface area (Å²) in [5.41, 5.74) is 9.01. The Bertz CT molecular complexity index is 1300. The van der Waals surface area contributed by atoms with E-state index in [1.54, 1.807) is 4.68 Å². The quantitative estimate of drug-likeness (QED) is 0.471. The van der Waals surface area contributed by atoms with Crippen LogP contribution in [0.25, 0.3) is 22.3 Å². The standard InChI is InChI=1S/C24H22N6O2/c1-15-7-10-17(28-24(15)31)13-30-23-20(22(25)26-14-27-23)21(29-30)16-8-11-19(12-9-16)32-18-5-3-2-4-6-18/h2-6,8-9,11-12,14,17H,1,7,10,13H2,(H,28,31)(H2,25,26,27)/t17-/m0/s1. The third kappa shape index (κ3) is 3.78. The van der Waals surface area contributed by atoms with Crippen LogP contribution < -0.4 is 15.8 Å². The summed E-state index contributed by atoms with van der Waals surface area (Å²) in [5, 5.41) is 8.47. The molecule has 1 aliphatic rings. The summed E-state index contributed by atoms with van der Waals surface area (Å²) < 4.78 is 7.67. The van der Waals surface area contributed by atoms with E-state index in [-0.39, 0.29) is 11.9 Å². The molecule has 2 aromatic carbocycles. The first-order valence-electron chi connectivity index (χ1n) is 10.4. The molecule has 3 N–H and O–H groups in total. The lowest BCUT2D eigenvalue weighted by Crippen LogP contribution is -2.42. The molecule has 1 atom stereocenters. The molecule has 0 radical (unpaired) electrons. The molecule has 0 saturated carbocycles. The van der Waals surface area contributed by atoms with Gasteiger partial charge in [-0.3, -0.25) is 4.79 Å². The van der Waals surface area contributed by atoms with Crippen molar-refractivity contribution in [3.8, 4) is 22.8 Å². The molecule has 0 spiro atoms. The monoisotopic (exact) mass is 426 g/mol. The van der Waals surface area contributed by atoms with Crippen LogP contribution in [-0.2, 0) is 11.3 Å². The van der Waals surface area contributed by atoms with Gasteiger partial charge >= 0.3 is 0 Å². The summed E-state index contributed by atoms with van der Waals surface area (Å²) in [6.07, 6.45) is 2.90. The Morgan fingerprint density at radius 2 is 1.84 bits per heavy atom. The number of benzene rings is 2. The van der Waals surface area contributed by atoms with Gasteiger partial charge in [0.2, 0.25) is 5.91 Å². The number of piperidine rings is 1. The molecule has 0 bridgehead atoms. The predicted molar refractivity (Wildman–Crippen MR) is 122 cm³/mol. The van der Waals surface area contributed by atoms with Gasteiger partial charge in [-0.15, -0.1) is 0 Å². The molecule has 1 saturated heterocycles. The minimum absolute atomic E-state index is 0.0539. The Morgan fingerprint density at radius 1 is 1.09 bits per heavy atom. The zero-order valence-corrected chi connectivity index (χ0v) is 17.4. The van der Waals surface area contributed by atoms with Crippen molar-refractivity contribution in [2.75, 3.05) is 5.73 Å². The fraction of sp³-hybridized carbons (Fsp3) is 0.167. The number of nitrogen functional groups attached to an aromatic ring is 1. The molecular formula is C24H22N6O2. The van der Waals surface area contributed by atoms with Crippen LogP contribution in [0.15, 0.2) is 73.1 Å². The SMILES string of the molecule is C=C1CC[C@@H](Cn2nc(-c3ccc(Oc4ccccc4)cc3)c3c(N)ncnc32)NC1=O. The van der Waals surface area contributed by atoms with E-state index >= 15 is 0 Å². The molecule has 2 aromatic heterocycles. The Kier molecular flexibility index (Phi) is 5.03. The molecule has 3 heterocycles. The van der Waals surface area contributed by atoms with Crippen molar-refractivity contribution in [3.63, 3.8) is 0 Å². The molecule has 0 unspecified atom stereocenters. The minimum atomic E-state index is -0.110. The Balaban J connectivity index is 1.46. The summed E-state index contributed by atoms with van der Waals surface area (Å²) in [4.78, 5) is 20.6.